The van der Waals surface area contributed by atoms with Crippen molar-refractivity contribution < 1.29 is 9.53 Å². The molecule has 1 unspecified atom stereocenters. The fourth-order valence-electron chi connectivity index (χ4n) is 3.26. The van der Waals surface area contributed by atoms with Gasteiger partial charge < -0.3 is 14.4 Å². The molecular formula is C12H21BN2O2. The molecule has 94 valence electrons. The van der Waals surface area contributed by atoms with Crippen LogP contribution in [-0.4, -0.2) is 63.5 Å². The van der Waals surface area contributed by atoms with Gasteiger partial charge in [0, 0.05) is 13.1 Å². The molecule has 0 N–H and O–H groups in total. The van der Waals surface area contributed by atoms with E-state index in [9.17, 15) is 4.79 Å². The van der Waals surface area contributed by atoms with Crippen molar-refractivity contribution in [3.05, 3.63) is 0 Å². The maximum Gasteiger partial charge on any atom is 0.310 e. The molecule has 0 saturated carbocycles. The molecule has 2 fully saturated rings. The van der Waals surface area contributed by atoms with Gasteiger partial charge in [-0.05, 0) is 45.3 Å². The maximum atomic E-state index is 12.1. The van der Waals surface area contributed by atoms with E-state index in [0.29, 0.717) is 6.61 Å². The van der Waals surface area contributed by atoms with Crippen LogP contribution in [0.2, 0.25) is 0 Å². The second-order valence-electron chi connectivity index (χ2n) is 5.40. The minimum Gasteiger partial charge on any atom is -0.466 e. The Labute approximate surface area is 105 Å². The van der Waals surface area contributed by atoms with Gasteiger partial charge in [0.1, 0.15) is 0 Å². The van der Waals surface area contributed by atoms with Gasteiger partial charge in [0.25, 0.3) is 0 Å². The van der Waals surface area contributed by atoms with Crippen molar-refractivity contribution in [2.24, 2.45) is 11.3 Å². The Morgan fingerprint density at radius 2 is 2.12 bits per heavy atom. The summed E-state index contributed by atoms with van der Waals surface area (Å²) in [5.74, 6) is 0.00321. The van der Waals surface area contributed by atoms with Crippen LogP contribution in [0.4, 0.5) is 0 Å². The Hall–Kier alpha value is -0.545. The molecule has 2 aliphatic heterocycles. The summed E-state index contributed by atoms with van der Waals surface area (Å²) in [5, 5.41) is 0. The molecule has 0 aromatic heterocycles. The van der Waals surface area contributed by atoms with Crippen molar-refractivity contribution in [1.29, 1.82) is 0 Å². The number of hydrogen-bond donors (Lipinski definition) is 0. The van der Waals surface area contributed by atoms with Gasteiger partial charge in [0.15, 0.2) is 7.98 Å². The molecule has 0 aliphatic carbocycles. The van der Waals surface area contributed by atoms with Gasteiger partial charge >= 0.3 is 5.97 Å². The topological polar surface area (TPSA) is 32.8 Å². The van der Waals surface area contributed by atoms with Crippen LogP contribution in [0.3, 0.4) is 0 Å². The summed E-state index contributed by atoms with van der Waals surface area (Å²) < 4.78 is 5.22. The van der Waals surface area contributed by atoms with Crippen LogP contribution in [0, 0.1) is 11.3 Å². The van der Waals surface area contributed by atoms with Crippen molar-refractivity contribution >= 4 is 14.0 Å². The quantitative estimate of drug-likeness (QED) is 0.509. The first kappa shape index (κ1) is 12.9. The smallest absolute Gasteiger partial charge is 0.310 e. The van der Waals surface area contributed by atoms with Crippen LogP contribution in [-0.2, 0) is 9.53 Å². The molecule has 1 atom stereocenters. The van der Waals surface area contributed by atoms with Gasteiger partial charge in [-0.2, -0.15) is 0 Å². The van der Waals surface area contributed by atoms with Crippen molar-refractivity contribution in [1.82, 2.24) is 9.71 Å². The van der Waals surface area contributed by atoms with E-state index >= 15 is 0 Å². The van der Waals surface area contributed by atoms with Gasteiger partial charge in [-0.25, -0.2) is 0 Å². The van der Waals surface area contributed by atoms with Crippen LogP contribution in [0.1, 0.15) is 19.8 Å². The predicted molar refractivity (Wildman–Crippen MR) is 66.6 cm³/mol. The van der Waals surface area contributed by atoms with Crippen molar-refractivity contribution in [3.63, 3.8) is 0 Å². The van der Waals surface area contributed by atoms with Gasteiger partial charge in [-0.15, -0.1) is 0 Å². The number of esters is 1. The van der Waals surface area contributed by atoms with E-state index in [-0.39, 0.29) is 17.3 Å². The van der Waals surface area contributed by atoms with Gasteiger partial charge in [-0.3, -0.25) is 4.79 Å². The summed E-state index contributed by atoms with van der Waals surface area (Å²) >= 11 is 0. The number of hydrogen-bond acceptors (Lipinski definition) is 4. The SMILES string of the molecule is [B]N1CCC2(CC1)CN(C)CC2C(=O)OCC. The highest BCUT2D eigenvalue weighted by Gasteiger charge is 2.50. The average Bonchev–Trinajstić information content (AvgIpc) is 2.61. The lowest BCUT2D eigenvalue weighted by Gasteiger charge is -2.40. The van der Waals surface area contributed by atoms with Crippen molar-refractivity contribution in [2.45, 2.75) is 19.8 Å². The van der Waals surface area contributed by atoms with Gasteiger partial charge in [0.05, 0.1) is 12.5 Å². The number of rotatable bonds is 2. The second kappa shape index (κ2) is 4.98. The zero-order chi connectivity index (χ0) is 12.5. The van der Waals surface area contributed by atoms with E-state index < -0.39 is 0 Å². The highest BCUT2D eigenvalue weighted by molar-refractivity contribution is 6.04. The zero-order valence-corrected chi connectivity index (χ0v) is 10.8. The third kappa shape index (κ3) is 2.50. The lowest BCUT2D eigenvalue weighted by molar-refractivity contribution is -0.152. The summed E-state index contributed by atoms with van der Waals surface area (Å²) in [6.45, 7) is 5.91. The highest BCUT2D eigenvalue weighted by atomic mass is 16.5. The molecule has 2 heterocycles. The monoisotopic (exact) mass is 236 g/mol. The Morgan fingerprint density at radius 3 is 2.71 bits per heavy atom. The molecule has 5 heteroatoms. The number of ether oxygens (including phenoxy) is 1. The normalized spacial score (nSPS) is 29.6. The summed E-state index contributed by atoms with van der Waals surface area (Å²) in [5.41, 5.74) is 0.0941. The molecule has 2 saturated heterocycles. The maximum absolute atomic E-state index is 12.1. The minimum atomic E-state index is -0.0256. The number of piperidine rings is 1. The summed E-state index contributed by atoms with van der Waals surface area (Å²) in [6.07, 6.45) is 1.99. The van der Waals surface area contributed by atoms with Crippen LogP contribution < -0.4 is 0 Å². The number of likely N-dealkylation sites (tertiary alicyclic amines) is 1. The lowest BCUT2D eigenvalue weighted by atomic mass is 9.70. The van der Waals surface area contributed by atoms with E-state index in [2.05, 4.69) is 11.9 Å². The standard InChI is InChI=1S/C12H21BN2O2/c1-3-17-11(16)10-8-14(2)9-12(10)4-6-15(13)7-5-12/h10H,3-9H2,1-2H3. The average molecular weight is 236 g/mol. The van der Waals surface area contributed by atoms with Gasteiger partial charge in [0.2, 0.25) is 0 Å². The first-order valence-corrected chi connectivity index (χ1v) is 6.42. The molecule has 0 aromatic rings. The van der Waals surface area contributed by atoms with Crippen LogP contribution in [0.5, 0.6) is 0 Å². The number of carbonyl (C=O) groups is 1. The van der Waals surface area contributed by atoms with Gasteiger partial charge in [-0.1, -0.05) is 0 Å². The molecular weight excluding hydrogens is 215 g/mol. The third-order valence-electron chi connectivity index (χ3n) is 4.18. The highest BCUT2D eigenvalue weighted by Crippen LogP contribution is 2.44. The first-order valence-electron chi connectivity index (χ1n) is 6.42. The van der Waals surface area contributed by atoms with E-state index in [4.69, 9.17) is 12.7 Å². The third-order valence-corrected chi connectivity index (χ3v) is 4.18. The van der Waals surface area contributed by atoms with E-state index in [1.807, 2.05) is 11.7 Å². The van der Waals surface area contributed by atoms with E-state index in [1.54, 1.807) is 0 Å². The van der Waals surface area contributed by atoms with Crippen LogP contribution in [0.15, 0.2) is 0 Å². The Balaban J connectivity index is 2.10. The fraction of sp³-hybridized carbons (Fsp3) is 0.917. The zero-order valence-electron chi connectivity index (χ0n) is 10.8. The number of nitrogens with zero attached hydrogens (tertiary/aromatic N) is 2. The molecule has 0 amide bonds. The fourth-order valence-corrected chi connectivity index (χ4v) is 3.26. The summed E-state index contributed by atoms with van der Waals surface area (Å²) in [4.78, 5) is 16.1. The van der Waals surface area contributed by atoms with E-state index in [1.165, 1.54) is 0 Å². The van der Waals surface area contributed by atoms with Crippen LogP contribution in [0.25, 0.3) is 0 Å². The Morgan fingerprint density at radius 1 is 1.47 bits per heavy atom. The molecule has 4 nitrogen and oxygen atoms in total. The molecule has 2 aliphatic rings. The Kier molecular flexibility index (Phi) is 3.78. The second-order valence-corrected chi connectivity index (χ2v) is 5.40. The molecule has 1 spiro atoms. The lowest BCUT2D eigenvalue weighted by Crippen LogP contribution is -2.45. The molecule has 0 aromatic carbocycles. The largest absolute Gasteiger partial charge is 0.466 e. The predicted octanol–water partition coefficient (Wildman–Crippen LogP) is 0.277. The van der Waals surface area contributed by atoms with Crippen molar-refractivity contribution in [3.8, 4) is 0 Å². The summed E-state index contributed by atoms with van der Waals surface area (Å²) in [7, 11) is 7.88. The van der Waals surface area contributed by atoms with Crippen LogP contribution >= 0.6 is 0 Å². The van der Waals surface area contributed by atoms with Crippen molar-refractivity contribution in [2.75, 3.05) is 39.8 Å². The van der Waals surface area contributed by atoms with E-state index in [0.717, 1.165) is 39.0 Å². The molecule has 2 radical (unpaired) electrons. The first-order chi connectivity index (χ1) is 8.07. The molecule has 17 heavy (non-hydrogen) atoms. The molecule has 2 rings (SSSR count). The minimum absolute atomic E-state index is 0.0256. The summed E-state index contributed by atoms with van der Waals surface area (Å²) in [6, 6.07) is 0. The Bertz CT molecular complexity index is 290. The molecule has 0 bridgehead atoms. The number of carbonyl (C=O) groups excluding carboxylic acids is 1.